The number of primary amides is 1. The molecule has 2 aliphatic carbocycles. The van der Waals surface area contributed by atoms with Gasteiger partial charge < -0.3 is 26.6 Å². The van der Waals surface area contributed by atoms with Crippen molar-refractivity contribution in [2.75, 3.05) is 19.6 Å². The number of nitrogens with zero attached hydrogens (tertiary/aromatic N) is 2. The first-order valence-corrected chi connectivity index (χ1v) is 16.7. The Hall–Kier alpha value is -3.18. The molecule has 1 aromatic carbocycles. The minimum atomic E-state index is -1.08. The van der Waals surface area contributed by atoms with Crippen molar-refractivity contribution in [1.82, 2.24) is 25.8 Å². The predicted octanol–water partition coefficient (Wildman–Crippen LogP) is 3.13. The number of ketones is 1. The molecule has 11 nitrogen and oxygen atoms in total. The smallest absolute Gasteiger partial charge is 0.315 e. The summed E-state index contributed by atoms with van der Waals surface area (Å²) in [4.78, 5) is 69.2. The third kappa shape index (κ3) is 9.66. The van der Waals surface area contributed by atoms with Crippen LogP contribution in [0.2, 0.25) is 5.02 Å². The highest BCUT2D eigenvalue weighted by Crippen LogP contribution is 2.31. The van der Waals surface area contributed by atoms with Crippen molar-refractivity contribution in [3.05, 3.63) is 34.9 Å². The van der Waals surface area contributed by atoms with Crippen LogP contribution in [0.25, 0.3) is 0 Å². The minimum absolute atomic E-state index is 0.0532. The predicted molar refractivity (Wildman–Crippen MR) is 172 cm³/mol. The van der Waals surface area contributed by atoms with Crippen LogP contribution in [0.1, 0.15) is 84.1 Å². The molecule has 248 valence electrons. The van der Waals surface area contributed by atoms with E-state index in [1.165, 1.54) is 6.42 Å². The van der Waals surface area contributed by atoms with E-state index in [4.69, 9.17) is 17.3 Å². The SMILES string of the molecule is CC(C)(C)[C@H](NC(=O)NC1CCCCC1)C(=O)N1CCN(Cc2ccc(Cl)cc2)[C@@H](C(=O)NC(CC2CCC2)C(=O)C(N)=O)C1. The molecule has 1 heterocycles. The fourth-order valence-electron chi connectivity index (χ4n) is 6.45. The van der Waals surface area contributed by atoms with E-state index >= 15 is 0 Å². The van der Waals surface area contributed by atoms with Gasteiger partial charge in [0.05, 0.1) is 6.04 Å². The van der Waals surface area contributed by atoms with Crippen molar-refractivity contribution in [2.45, 2.75) is 109 Å². The first-order valence-electron chi connectivity index (χ1n) is 16.3. The molecule has 2 saturated carbocycles. The largest absolute Gasteiger partial charge is 0.363 e. The highest BCUT2D eigenvalue weighted by molar-refractivity contribution is 6.37. The van der Waals surface area contributed by atoms with Gasteiger partial charge in [0.25, 0.3) is 5.91 Å². The average Bonchev–Trinajstić information content (AvgIpc) is 2.97. The lowest BCUT2D eigenvalue weighted by molar-refractivity contribution is -0.143. The second-order valence-corrected chi connectivity index (χ2v) is 14.4. The zero-order valence-electron chi connectivity index (χ0n) is 26.8. The summed E-state index contributed by atoms with van der Waals surface area (Å²) in [6.07, 6.45) is 8.43. The molecule has 45 heavy (non-hydrogen) atoms. The number of hydrogen-bond donors (Lipinski definition) is 4. The molecule has 5 N–H and O–H groups in total. The Kier molecular flexibility index (Phi) is 11.9. The molecule has 3 fully saturated rings. The number of carbonyl (C=O) groups excluding carboxylic acids is 5. The Bertz CT molecular complexity index is 1220. The molecule has 4 rings (SSSR count). The molecule has 1 unspecified atom stereocenters. The van der Waals surface area contributed by atoms with Gasteiger partial charge in [-0.25, -0.2) is 4.79 Å². The number of nitrogens with one attached hydrogen (secondary N) is 3. The van der Waals surface area contributed by atoms with Crippen molar-refractivity contribution in [1.29, 1.82) is 0 Å². The molecule has 0 aromatic heterocycles. The molecule has 5 amide bonds. The number of hydrogen-bond acceptors (Lipinski definition) is 6. The van der Waals surface area contributed by atoms with Crippen molar-refractivity contribution >= 4 is 41.1 Å². The Morgan fingerprint density at radius 2 is 1.60 bits per heavy atom. The number of nitrogens with two attached hydrogens (primary N) is 1. The summed E-state index contributed by atoms with van der Waals surface area (Å²) >= 11 is 6.09. The quantitative estimate of drug-likeness (QED) is 0.272. The summed E-state index contributed by atoms with van der Waals surface area (Å²) in [5.74, 6) is -2.38. The first-order chi connectivity index (χ1) is 21.3. The lowest BCUT2D eigenvalue weighted by Crippen LogP contribution is -2.65. The number of Topliss-reactive ketones (excluding diaryl/α,β-unsaturated/α-hetero) is 1. The van der Waals surface area contributed by atoms with Gasteiger partial charge in [-0.15, -0.1) is 0 Å². The monoisotopic (exact) mass is 644 g/mol. The molecule has 0 radical (unpaired) electrons. The fourth-order valence-corrected chi connectivity index (χ4v) is 6.58. The maximum Gasteiger partial charge on any atom is 0.315 e. The molecule has 0 spiro atoms. The van der Waals surface area contributed by atoms with Gasteiger partial charge in [0.2, 0.25) is 17.6 Å². The Labute approximate surface area is 271 Å². The van der Waals surface area contributed by atoms with E-state index in [1.807, 2.05) is 37.8 Å². The van der Waals surface area contributed by atoms with Gasteiger partial charge >= 0.3 is 6.03 Å². The van der Waals surface area contributed by atoms with E-state index in [2.05, 4.69) is 16.0 Å². The topological polar surface area (TPSA) is 154 Å². The van der Waals surface area contributed by atoms with Gasteiger partial charge in [0, 0.05) is 37.2 Å². The zero-order chi connectivity index (χ0) is 32.7. The van der Waals surface area contributed by atoms with Crippen molar-refractivity contribution in [2.24, 2.45) is 17.1 Å². The molecular formula is C33H49ClN6O5. The summed E-state index contributed by atoms with van der Waals surface area (Å²) in [5, 5.41) is 9.39. The number of rotatable bonds is 11. The zero-order valence-corrected chi connectivity index (χ0v) is 27.5. The highest BCUT2D eigenvalue weighted by Gasteiger charge is 2.42. The van der Waals surface area contributed by atoms with Gasteiger partial charge in [-0.1, -0.05) is 83.0 Å². The molecule has 12 heteroatoms. The summed E-state index contributed by atoms with van der Waals surface area (Å²) in [6.45, 7) is 6.90. The number of urea groups is 1. The molecule has 1 aliphatic heterocycles. The van der Waals surface area contributed by atoms with E-state index in [-0.39, 0.29) is 30.4 Å². The van der Waals surface area contributed by atoms with E-state index in [0.29, 0.717) is 31.1 Å². The van der Waals surface area contributed by atoms with Gasteiger partial charge in [0.15, 0.2) is 0 Å². The average molecular weight is 645 g/mol. The van der Waals surface area contributed by atoms with E-state index in [0.717, 1.165) is 50.5 Å². The molecular weight excluding hydrogens is 596 g/mol. The normalized spacial score (nSPS) is 21.2. The summed E-state index contributed by atoms with van der Waals surface area (Å²) in [5.41, 5.74) is 5.69. The van der Waals surface area contributed by atoms with Crippen LogP contribution in [-0.4, -0.2) is 83.1 Å². The number of benzene rings is 1. The lowest BCUT2D eigenvalue weighted by Gasteiger charge is -2.43. The molecule has 0 bridgehead atoms. The van der Waals surface area contributed by atoms with Gasteiger partial charge in [-0.05, 0) is 48.3 Å². The lowest BCUT2D eigenvalue weighted by atomic mass is 9.80. The van der Waals surface area contributed by atoms with Crippen LogP contribution in [-0.2, 0) is 25.7 Å². The molecule has 3 aliphatic rings. The first kappa shape index (κ1) is 34.7. The third-order valence-electron chi connectivity index (χ3n) is 9.40. The van der Waals surface area contributed by atoms with Gasteiger partial charge in [0.1, 0.15) is 12.1 Å². The van der Waals surface area contributed by atoms with Crippen LogP contribution in [0.15, 0.2) is 24.3 Å². The number of amides is 5. The maximum atomic E-state index is 14.1. The summed E-state index contributed by atoms with van der Waals surface area (Å²) in [6, 6.07) is 4.41. The number of piperazine rings is 1. The Balaban J connectivity index is 1.52. The van der Waals surface area contributed by atoms with Crippen LogP contribution in [0.4, 0.5) is 4.79 Å². The second kappa shape index (κ2) is 15.4. The Morgan fingerprint density at radius 1 is 0.933 bits per heavy atom. The van der Waals surface area contributed by atoms with Crippen molar-refractivity contribution in [3.63, 3.8) is 0 Å². The highest BCUT2D eigenvalue weighted by atomic mass is 35.5. The fraction of sp³-hybridized carbons (Fsp3) is 0.667. The van der Waals surface area contributed by atoms with Crippen LogP contribution in [0, 0.1) is 11.3 Å². The van der Waals surface area contributed by atoms with Crippen LogP contribution < -0.4 is 21.7 Å². The van der Waals surface area contributed by atoms with Crippen LogP contribution in [0.5, 0.6) is 0 Å². The molecule has 3 atom stereocenters. The van der Waals surface area contributed by atoms with E-state index in [9.17, 15) is 24.0 Å². The maximum absolute atomic E-state index is 14.1. The number of halogens is 1. The van der Waals surface area contributed by atoms with Crippen LogP contribution >= 0.6 is 11.6 Å². The van der Waals surface area contributed by atoms with Gasteiger partial charge in [-0.3, -0.25) is 24.1 Å². The van der Waals surface area contributed by atoms with Gasteiger partial charge in [-0.2, -0.15) is 0 Å². The van der Waals surface area contributed by atoms with Crippen LogP contribution in [0.3, 0.4) is 0 Å². The second-order valence-electron chi connectivity index (χ2n) is 14.0. The molecule has 1 saturated heterocycles. The number of carbonyl (C=O) groups is 5. The van der Waals surface area contributed by atoms with E-state index in [1.54, 1.807) is 17.0 Å². The summed E-state index contributed by atoms with van der Waals surface area (Å²) < 4.78 is 0. The Morgan fingerprint density at radius 3 is 2.18 bits per heavy atom. The van der Waals surface area contributed by atoms with Crippen molar-refractivity contribution in [3.8, 4) is 0 Å². The standard InChI is InChI=1S/C33H49ClN6O5/c1-33(2,3)28(38-32(45)36-24-10-5-4-6-11-24)31(44)40-17-16-39(19-22-12-14-23(34)15-13-22)26(20-40)30(43)37-25(27(41)29(35)42)18-21-8-7-9-21/h12-15,21,24-26,28H,4-11,16-20H2,1-3H3,(H2,35,42)(H,37,43)(H2,36,38,45)/t25?,26-,28-/m1/s1. The summed E-state index contributed by atoms with van der Waals surface area (Å²) in [7, 11) is 0. The molecule has 1 aromatic rings. The van der Waals surface area contributed by atoms with Crippen molar-refractivity contribution < 1.29 is 24.0 Å². The van der Waals surface area contributed by atoms with E-state index < -0.39 is 41.1 Å². The third-order valence-corrected chi connectivity index (χ3v) is 9.65. The minimum Gasteiger partial charge on any atom is -0.363 e.